The minimum absolute atomic E-state index is 0. The van der Waals surface area contributed by atoms with E-state index in [2.05, 4.69) is 4.74 Å². The van der Waals surface area contributed by atoms with Crippen LogP contribution in [0, 0.1) is 0 Å². The van der Waals surface area contributed by atoms with Crippen molar-refractivity contribution < 1.29 is 70.8 Å². The molecule has 0 aromatic heterocycles. The number of ether oxygens (including phenoxy) is 1. The van der Waals surface area contributed by atoms with Gasteiger partial charge in [0.15, 0.2) is 5.97 Å². The Labute approximate surface area is 95.0 Å². The van der Waals surface area contributed by atoms with Crippen LogP contribution in [0.15, 0.2) is 0 Å². The van der Waals surface area contributed by atoms with Crippen LogP contribution in [0.1, 0.15) is 6.92 Å². The molecule has 5 heteroatoms. The van der Waals surface area contributed by atoms with Gasteiger partial charge in [0.1, 0.15) is 0 Å². The summed E-state index contributed by atoms with van der Waals surface area (Å²) >= 11 is 0. The van der Waals surface area contributed by atoms with Crippen molar-refractivity contribution in [1.82, 2.24) is 0 Å². The molecule has 0 saturated heterocycles. The Morgan fingerprint density at radius 3 is 2.11 bits per heavy atom. The van der Waals surface area contributed by atoms with Crippen LogP contribution >= 0.6 is 0 Å². The van der Waals surface area contributed by atoms with Gasteiger partial charge in [-0.15, -0.1) is 0 Å². The Morgan fingerprint density at radius 1 is 1.56 bits per heavy atom. The number of rotatable bonds is 1. The summed E-state index contributed by atoms with van der Waals surface area (Å²) < 4.78 is 4.00. The standard InChI is InChI=1S/C4H6O4.K/c1-2-8-4(7)3(5)6;/h2H2,1H3,(H,5,6);/q;+1/p-1. The molecule has 0 saturated carbocycles. The van der Waals surface area contributed by atoms with Gasteiger partial charge in [-0.3, -0.25) is 0 Å². The fourth-order valence-electron chi connectivity index (χ4n) is 0.190. The second kappa shape index (κ2) is 6.69. The van der Waals surface area contributed by atoms with Gasteiger partial charge < -0.3 is 14.6 Å². The summed E-state index contributed by atoms with van der Waals surface area (Å²) in [6.07, 6.45) is 0. The Kier molecular flexibility index (Phi) is 9.13. The Hall–Kier alpha value is 0.576. The van der Waals surface area contributed by atoms with Gasteiger partial charge in [0.2, 0.25) is 0 Å². The van der Waals surface area contributed by atoms with E-state index in [1.54, 1.807) is 0 Å². The van der Waals surface area contributed by atoms with Gasteiger partial charge in [0, 0.05) is 0 Å². The van der Waals surface area contributed by atoms with E-state index in [-0.39, 0.29) is 58.0 Å². The van der Waals surface area contributed by atoms with Crippen LogP contribution in [0.25, 0.3) is 0 Å². The van der Waals surface area contributed by atoms with Crippen LogP contribution in [0.4, 0.5) is 0 Å². The van der Waals surface area contributed by atoms with Crippen LogP contribution in [0.2, 0.25) is 0 Å². The Balaban J connectivity index is 0. The van der Waals surface area contributed by atoms with Crippen LogP contribution in [0.3, 0.4) is 0 Å². The molecular weight excluding hydrogens is 151 g/mol. The molecule has 0 N–H and O–H groups in total. The molecule has 9 heavy (non-hydrogen) atoms. The number of esters is 1. The number of carboxylic acids is 1. The third-order valence-electron chi connectivity index (χ3n) is 0.442. The van der Waals surface area contributed by atoms with Crippen molar-refractivity contribution in [3.05, 3.63) is 0 Å². The third kappa shape index (κ3) is 6.46. The minimum atomic E-state index is -1.80. The fourth-order valence-corrected chi connectivity index (χ4v) is 0.190. The van der Waals surface area contributed by atoms with E-state index in [1.807, 2.05) is 0 Å². The first kappa shape index (κ1) is 12.3. The zero-order chi connectivity index (χ0) is 6.57. The molecular formula is C4H5KO4. The van der Waals surface area contributed by atoms with E-state index in [1.165, 1.54) is 6.92 Å². The van der Waals surface area contributed by atoms with E-state index in [0.717, 1.165) is 0 Å². The summed E-state index contributed by atoms with van der Waals surface area (Å²) in [4.78, 5) is 19.4. The Bertz CT molecular complexity index is 111. The van der Waals surface area contributed by atoms with Gasteiger partial charge >= 0.3 is 57.4 Å². The van der Waals surface area contributed by atoms with Gasteiger partial charge in [-0.25, -0.2) is 4.79 Å². The van der Waals surface area contributed by atoms with Gasteiger partial charge in [0.25, 0.3) is 0 Å². The molecule has 0 rings (SSSR count). The van der Waals surface area contributed by atoms with Gasteiger partial charge in [0.05, 0.1) is 6.61 Å². The largest absolute Gasteiger partial charge is 1.00 e. The predicted octanol–water partition coefficient (Wildman–Crippen LogP) is -4.70. The first-order chi connectivity index (χ1) is 3.68. The van der Waals surface area contributed by atoms with Crippen molar-refractivity contribution in [2.45, 2.75) is 6.92 Å². The van der Waals surface area contributed by atoms with Crippen molar-refractivity contribution in [2.75, 3.05) is 6.61 Å². The monoisotopic (exact) mass is 156 g/mol. The summed E-state index contributed by atoms with van der Waals surface area (Å²) in [5.74, 6) is -3.11. The fraction of sp³-hybridized carbons (Fsp3) is 0.500. The van der Waals surface area contributed by atoms with E-state index in [4.69, 9.17) is 0 Å². The number of carboxylic acid groups (broad SMARTS) is 1. The molecule has 0 radical (unpaired) electrons. The van der Waals surface area contributed by atoms with Crippen molar-refractivity contribution in [1.29, 1.82) is 0 Å². The van der Waals surface area contributed by atoms with Gasteiger partial charge in [-0.05, 0) is 6.92 Å². The molecule has 0 amide bonds. The van der Waals surface area contributed by atoms with E-state index in [0.29, 0.717) is 0 Å². The zero-order valence-electron chi connectivity index (χ0n) is 5.34. The number of carbonyl (C=O) groups excluding carboxylic acids is 2. The predicted molar refractivity (Wildman–Crippen MR) is 21.6 cm³/mol. The van der Waals surface area contributed by atoms with Crippen molar-refractivity contribution in [3.63, 3.8) is 0 Å². The molecule has 0 spiro atoms. The maximum atomic E-state index is 9.86. The molecule has 0 aromatic carbocycles. The number of hydrogen-bond donors (Lipinski definition) is 0. The molecule has 0 fully saturated rings. The van der Waals surface area contributed by atoms with Crippen molar-refractivity contribution in [2.24, 2.45) is 0 Å². The number of hydrogen-bond acceptors (Lipinski definition) is 4. The number of aliphatic carboxylic acids is 1. The molecule has 0 atom stereocenters. The molecule has 0 aliphatic rings. The van der Waals surface area contributed by atoms with Crippen molar-refractivity contribution in [3.8, 4) is 0 Å². The van der Waals surface area contributed by atoms with Gasteiger partial charge in [-0.2, -0.15) is 0 Å². The summed E-state index contributed by atoms with van der Waals surface area (Å²) in [5, 5.41) is 9.50. The first-order valence-electron chi connectivity index (χ1n) is 2.06. The number of carbonyl (C=O) groups is 2. The zero-order valence-corrected chi connectivity index (χ0v) is 8.46. The first-order valence-corrected chi connectivity index (χ1v) is 2.06. The molecule has 0 bridgehead atoms. The molecule has 0 heterocycles. The SMILES string of the molecule is CCOC(=O)C(=O)[O-].[K+]. The summed E-state index contributed by atoms with van der Waals surface area (Å²) in [6, 6.07) is 0. The molecule has 0 aliphatic carbocycles. The maximum absolute atomic E-state index is 9.86. The average molecular weight is 156 g/mol. The second-order valence-electron chi connectivity index (χ2n) is 1.01. The molecule has 0 aromatic rings. The second-order valence-corrected chi connectivity index (χ2v) is 1.01. The summed E-state index contributed by atoms with van der Waals surface area (Å²) in [6.45, 7) is 1.58. The smallest absolute Gasteiger partial charge is 0.539 e. The molecule has 0 unspecified atom stereocenters. The van der Waals surface area contributed by atoms with E-state index < -0.39 is 11.9 Å². The molecule has 0 aliphatic heterocycles. The average Bonchev–Trinajstić information content (AvgIpc) is 1.67. The minimum Gasteiger partial charge on any atom is -0.539 e. The van der Waals surface area contributed by atoms with Crippen LogP contribution in [0.5, 0.6) is 0 Å². The quantitative estimate of drug-likeness (QED) is 0.217. The van der Waals surface area contributed by atoms with E-state index >= 15 is 0 Å². The normalized spacial score (nSPS) is 7.22. The van der Waals surface area contributed by atoms with Crippen LogP contribution in [-0.4, -0.2) is 18.5 Å². The summed E-state index contributed by atoms with van der Waals surface area (Å²) in [7, 11) is 0. The Morgan fingerprint density at radius 2 is 2.00 bits per heavy atom. The van der Waals surface area contributed by atoms with Crippen molar-refractivity contribution >= 4 is 11.9 Å². The van der Waals surface area contributed by atoms with Gasteiger partial charge in [-0.1, -0.05) is 0 Å². The topological polar surface area (TPSA) is 66.4 Å². The van der Waals surface area contributed by atoms with E-state index in [9.17, 15) is 14.7 Å². The molecule has 46 valence electrons. The van der Waals surface area contributed by atoms with Crippen LogP contribution < -0.4 is 56.5 Å². The third-order valence-corrected chi connectivity index (χ3v) is 0.442. The van der Waals surface area contributed by atoms with Crippen LogP contribution in [-0.2, 0) is 14.3 Å². The summed E-state index contributed by atoms with van der Waals surface area (Å²) in [5.41, 5.74) is 0. The molecule has 4 nitrogen and oxygen atoms in total. The maximum Gasteiger partial charge on any atom is 1.00 e.